The number of para-hydroxylation sites is 2. The molecule has 0 unspecified atom stereocenters. The van der Waals surface area contributed by atoms with Crippen molar-refractivity contribution in [2.45, 2.75) is 52.0 Å². The Hall–Kier alpha value is -3.88. The number of hydrogen-bond acceptors (Lipinski definition) is 8. The summed E-state index contributed by atoms with van der Waals surface area (Å²) in [5.74, 6) is 0.589. The Kier molecular flexibility index (Phi) is 7.75. The lowest BCUT2D eigenvalue weighted by molar-refractivity contribution is -0.143. The third-order valence-electron chi connectivity index (χ3n) is 5.41. The normalized spacial score (nSPS) is 11.1. The van der Waals surface area contributed by atoms with Crippen molar-refractivity contribution in [2.75, 3.05) is 6.61 Å². The number of carbonyl (C=O) groups is 1. The van der Waals surface area contributed by atoms with Crippen LogP contribution in [0.4, 0.5) is 0 Å². The number of unbranched alkanes of at least 4 members (excludes halogenated alkanes) is 1. The van der Waals surface area contributed by atoms with Gasteiger partial charge in [0.15, 0.2) is 0 Å². The average Bonchev–Trinajstić information content (AvgIpc) is 3.34. The van der Waals surface area contributed by atoms with Crippen LogP contribution in [0.5, 0.6) is 0 Å². The fraction of sp³-hybridized carbons (Fsp3) is 0.360. The maximum Gasteiger partial charge on any atom is 0.306 e. The number of hydrogen-bond donors (Lipinski definition) is 0. The largest absolute Gasteiger partial charge is 0.466 e. The Bertz CT molecular complexity index is 1300. The fourth-order valence-corrected chi connectivity index (χ4v) is 3.62. The molecule has 9 heteroatoms. The monoisotopic (exact) mass is 461 g/mol. The minimum Gasteiger partial charge on any atom is -0.466 e. The van der Waals surface area contributed by atoms with Crippen LogP contribution in [0.25, 0.3) is 22.4 Å². The SMILES string of the molecule is CCCCn1c(=O)c(CCC(=O)OCCCc2nc(-c3cccnc3)no2)nc2ccccc21. The number of carbonyl (C=O) groups excluding carboxylic acids is 1. The summed E-state index contributed by atoms with van der Waals surface area (Å²) in [5, 5.41) is 3.95. The zero-order valence-corrected chi connectivity index (χ0v) is 19.1. The van der Waals surface area contributed by atoms with Crippen molar-refractivity contribution >= 4 is 17.0 Å². The van der Waals surface area contributed by atoms with E-state index in [-0.39, 0.29) is 31.0 Å². The van der Waals surface area contributed by atoms with Crippen molar-refractivity contribution < 1.29 is 14.1 Å². The van der Waals surface area contributed by atoms with Gasteiger partial charge in [0, 0.05) is 37.3 Å². The number of ether oxygens (including phenoxy) is 1. The number of esters is 1. The fourth-order valence-electron chi connectivity index (χ4n) is 3.62. The standard InChI is InChI=1S/C25H27N5O4/c1-2-3-15-30-21-10-5-4-9-19(21)27-20(25(30)32)12-13-23(31)33-16-7-11-22-28-24(29-34-22)18-8-6-14-26-17-18/h4-6,8-10,14,17H,2-3,7,11-13,15-16H2,1H3. The Morgan fingerprint density at radius 2 is 1.97 bits per heavy atom. The molecular weight excluding hydrogens is 434 g/mol. The summed E-state index contributed by atoms with van der Waals surface area (Å²) in [6.07, 6.45) is 6.62. The Balaban J connectivity index is 1.28. The van der Waals surface area contributed by atoms with Crippen LogP contribution in [-0.2, 0) is 28.9 Å². The number of aryl methyl sites for hydroxylation is 3. The molecule has 3 aromatic heterocycles. The first-order valence-electron chi connectivity index (χ1n) is 11.5. The summed E-state index contributed by atoms with van der Waals surface area (Å²) in [4.78, 5) is 38.1. The van der Waals surface area contributed by atoms with Crippen molar-refractivity contribution in [1.82, 2.24) is 24.7 Å². The number of pyridine rings is 1. The van der Waals surface area contributed by atoms with Gasteiger partial charge in [0.1, 0.15) is 5.69 Å². The summed E-state index contributed by atoms with van der Waals surface area (Å²) in [6, 6.07) is 11.2. The lowest BCUT2D eigenvalue weighted by atomic mass is 10.2. The highest BCUT2D eigenvalue weighted by Crippen LogP contribution is 2.15. The molecule has 176 valence electrons. The summed E-state index contributed by atoms with van der Waals surface area (Å²) in [7, 11) is 0. The van der Waals surface area contributed by atoms with E-state index in [1.807, 2.05) is 30.3 Å². The lowest BCUT2D eigenvalue weighted by Crippen LogP contribution is -2.26. The molecule has 0 aliphatic rings. The Labute approximate surface area is 196 Å². The zero-order chi connectivity index (χ0) is 23.8. The number of fused-ring (bicyclic) bond motifs is 1. The highest BCUT2D eigenvalue weighted by Gasteiger charge is 2.13. The molecule has 4 rings (SSSR count). The quantitative estimate of drug-likeness (QED) is 0.245. The van der Waals surface area contributed by atoms with Crippen LogP contribution in [0.3, 0.4) is 0 Å². The second-order valence-electron chi connectivity index (χ2n) is 7.94. The molecule has 0 radical (unpaired) electrons. The average molecular weight is 462 g/mol. The van der Waals surface area contributed by atoms with Gasteiger partial charge in [-0.2, -0.15) is 4.98 Å². The van der Waals surface area contributed by atoms with Gasteiger partial charge >= 0.3 is 5.97 Å². The molecule has 0 aliphatic carbocycles. The lowest BCUT2D eigenvalue weighted by Gasteiger charge is -2.12. The number of nitrogens with zero attached hydrogens (tertiary/aromatic N) is 5. The van der Waals surface area contributed by atoms with Crippen LogP contribution in [0.2, 0.25) is 0 Å². The van der Waals surface area contributed by atoms with Gasteiger partial charge in [-0.3, -0.25) is 14.6 Å². The van der Waals surface area contributed by atoms with E-state index in [0.717, 1.165) is 29.4 Å². The van der Waals surface area contributed by atoms with E-state index in [4.69, 9.17) is 9.26 Å². The maximum absolute atomic E-state index is 12.9. The van der Waals surface area contributed by atoms with Crippen LogP contribution in [0.15, 0.2) is 58.1 Å². The van der Waals surface area contributed by atoms with Crippen LogP contribution in [0.1, 0.15) is 44.2 Å². The van der Waals surface area contributed by atoms with E-state index >= 15 is 0 Å². The topological polar surface area (TPSA) is 113 Å². The van der Waals surface area contributed by atoms with Crippen LogP contribution in [0, 0.1) is 0 Å². The van der Waals surface area contributed by atoms with Crippen molar-refractivity contribution in [3.8, 4) is 11.4 Å². The van der Waals surface area contributed by atoms with Gasteiger partial charge in [-0.15, -0.1) is 0 Å². The summed E-state index contributed by atoms with van der Waals surface area (Å²) in [6.45, 7) is 2.95. The van der Waals surface area contributed by atoms with Gasteiger partial charge in [-0.1, -0.05) is 30.6 Å². The summed E-state index contributed by atoms with van der Waals surface area (Å²) >= 11 is 0. The first-order valence-corrected chi connectivity index (χ1v) is 11.5. The van der Waals surface area contributed by atoms with Gasteiger partial charge in [-0.25, -0.2) is 4.98 Å². The molecule has 1 aromatic carbocycles. The highest BCUT2D eigenvalue weighted by molar-refractivity contribution is 5.75. The molecule has 34 heavy (non-hydrogen) atoms. The summed E-state index contributed by atoms with van der Waals surface area (Å²) < 4.78 is 12.3. The van der Waals surface area contributed by atoms with Crippen molar-refractivity contribution in [3.05, 3.63) is 70.7 Å². The number of benzene rings is 1. The van der Waals surface area contributed by atoms with Gasteiger partial charge in [-0.05, 0) is 37.1 Å². The smallest absolute Gasteiger partial charge is 0.306 e. The summed E-state index contributed by atoms with van der Waals surface area (Å²) in [5.41, 5.74) is 2.60. The van der Waals surface area contributed by atoms with E-state index in [0.29, 0.717) is 36.8 Å². The molecule has 0 saturated heterocycles. The number of aromatic nitrogens is 5. The minimum absolute atomic E-state index is 0.0973. The first-order chi connectivity index (χ1) is 16.7. The first kappa shape index (κ1) is 23.3. The van der Waals surface area contributed by atoms with Crippen LogP contribution < -0.4 is 5.56 Å². The molecular formula is C25H27N5O4. The van der Waals surface area contributed by atoms with Crippen molar-refractivity contribution in [2.24, 2.45) is 0 Å². The second kappa shape index (κ2) is 11.3. The van der Waals surface area contributed by atoms with Crippen LogP contribution in [-0.4, -0.2) is 37.3 Å². The molecule has 3 heterocycles. The third-order valence-corrected chi connectivity index (χ3v) is 5.41. The highest BCUT2D eigenvalue weighted by atomic mass is 16.5. The van der Waals surface area contributed by atoms with E-state index in [9.17, 15) is 9.59 Å². The van der Waals surface area contributed by atoms with Crippen molar-refractivity contribution in [1.29, 1.82) is 0 Å². The van der Waals surface area contributed by atoms with E-state index in [2.05, 4.69) is 27.0 Å². The van der Waals surface area contributed by atoms with E-state index in [1.165, 1.54) is 0 Å². The molecule has 0 spiro atoms. The third kappa shape index (κ3) is 5.72. The Morgan fingerprint density at radius 1 is 1.09 bits per heavy atom. The second-order valence-corrected chi connectivity index (χ2v) is 7.94. The van der Waals surface area contributed by atoms with Crippen molar-refractivity contribution in [3.63, 3.8) is 0 Å². The van der Waals surface area contributed by atoms with Gasteiger partial charge in [0.2, 0.25) is 11.7 Å². The molecule has 0 saturated carbocycles. The molecule has 0 N–H and O–H groups in total. The van der Waals surface area contributed by atoms with E-state index < -0.39 is 0 Å². The molecule has 4 aromatic rings. The van der Waals surface area contributed by atoms with E-state index in [1.54, 1.807) is 23.0 Å². The van der Waals surface area contributed by atoms with Gasteiger partial charge in [0.25, 0.3) is 5.56 Å². The molecule has 0 fully saturated rings. The molecule has 0 bridgehead atoms. The molecule has 0 amide bonds. The molecule has 9 nitrogen and oxygen atoms in total. The number of rotatable bonds is 11. The Morgan fingerprint density at radius 3 is 2.79 bits per heavy atom. The van der Waals surface area contributed by atoms with Gasteiger partial charge in [0.05, 0.1) is 24.1 Å². The van der Waals surface area contributed by atoms with Crippen LogP contribution >= 0.6 is 0 Å². The minimum atomic E-state index is -0.365. The van der Waals surface area contributed by atoms with Gasteiger partial charge < -0.3 is 13.8 Å². The predicted octanol–water partition coefficient (Wildman–Crippen LogP) is 3.75. The maximum atomic E-state index is 12.9. The zero-order valence-electron chi connectivity index (χ0n) is 19.1. The predicted molar refractivity (Wildman–Crippen MR) is 126 cm³/mol. The molecule has 0 aliphatic heterocycles. The molecule has 0 atom stereocenters.